The van der Waals surface area contributed by atoms with Gasteiger partial charge in [-0.3, -0.25) is 0 Å². The van der Waals surface area contributed by atoms with Crippen LogP contribution in [0.15, 0.2) is 18.3 Å². The number of nitrogens with one attached hydrogen (secondary N) is 1. The fourth-order valence-corrected chi connectivity index (χ4v) is 4.15. The van der Waals surface area contributed by atoms with Gasteiger partial charge in [-0.15, -0.1) is 0 Å². The summed E-state index contributed by atoms with van der Waals surface area (Å²) in [7, 11) is 0. The van der Waals surface area contributed by atoms with Gasteiger partial charge in [0.15, 0.2) is 0 Å². The summed E-state index contributed by atoms with van der Waals surface area (Å²) in [5, 5.41) is 3.56. The second-order valence-corrected chi connectivity index (χ2v) is 7.13. The molecule has 1 N–H and O–H groups in total. The summed E-state index contributed by atoms with van der Waals surface area (Å²) in [5.74, 6) is 2.13. The molecule has 2 saturated carbocycles. The summed E-state index contributed by atoms with van der Waals surface area (Å²) in [6.07, 6.45) is 13.2. The van der Waals surface area contributed by atoms with E-state index < -0.39 is 0 Å². The second-order valence-electron chi connectivity index (χ2n) is 7.13. The highest BCUT2D eigenvalue weighted by molar-refractivity contribution is 5.42. The Morgan fingerprint density at radius 2 is 1.90 bits per heavy atom. The summed E-state index contributed by atoms with van der Waals surface area (Å²) in [5.41, 5.74) is 1.32. The molecule has 1 aromatic heterocycles. The Balaban J connectivity index is 1.41. The van der Waals surface area contributed by atoms with Crippen LogP contribution in [-0.4, -0.2) is 23.6 Å². The maximum atomic E-state index is 4.77. The van der Waals surface area contributed by atoms with E-state index in [0.717, 1.165) is 24.5 Å². The van der Waals surface area contributed by atoms with Gasteiger partial charge in [0.2, 0.25) is 0 Å². The zero-order chi connectivity index (χ0) is 14.1. The van der Waals surface area contributed by atoms with E-state index in [-0.39, 0.29) is 0 Å². The summed E-state index contributed by atoms with van der Waals surface area (Å²) in [6, 6.07) is 6.05. The van der Waals surface area contributed by atoms with Gasteiger partial charge in [-0.2, -0.15) is 0 Å². The summed E-state index contributed by atoms with van der Waals surface area (Å²) in [4.78, 5) is 7.36. The Morgan fingerprint density at radius 1 is 1.05 bits per heavy atom. The standard InChI is InChI=1S/C18H27N3/c1-2-5-15(4-1)17-6-3-11-21(17)18-10-7-14(13-20-18)12-19-16-8-9-16/h7,10,13,15-17,19H,1-6,8-9,11-12H2. The molecule has 0 amide bonds. The normalized spacial score (nSPS) is 26.7. The zero-order valence-electron chi connectivity index (χ0n) is 12.9. The minimum Gasteiger partial charge on any atom is -0.353 e. The van der Waals surface area contributed by atoms with Crippen molar-refractivity contribution in [1.29, 1.82) is 0 Å². The molecule has 2 heterocycles. The number of nitrogens with zero attached hydrogens (tertiary/aromatic N) is 2. The highest BCUT2D eigenvalue weighted by Gasteiger charge is 2.33. The lowest BCUT2D eigenvalue weighted by Gasteiger charge is -2.30. The lowest BCUT2D eigenvalue weighted by atomic mass is 9.96. The molecule has 0 radical (unpaired) electrons. The molecule has 114 valence electrons. The van der Waals surface area contributed by atoms with Crippen LogP contribution in [0.3, 0.4) is 0 Å². The molecule has 1 aliphatic heterocycles. The third kappa shape index (κ3) is 3.08. The molecule has 2 aliphatic carbocycles. The fourth-order valence-electron chi connectivity index (χ4n) is 4.15. The van der Waals surface area contributed by atoms with Crippen LogP contribution in [0.4, 0.5) is 5.82 Å². The highest BCUT2D eigenvalue weighted by Crippen LogP contribution is 2.37. The summed E-state index contributed by atoms with van der Waals surface area (Å²) >= 11 is 0. The van der Waals surface area contributed by atoms with Crippen LogP contribution in [0.2, 0.25) is 0 Å². The topological polar surface area (TPSA) is 28.2 Å². The molecule has 1 aromatic rings. The zero-order valence-corrected chi connectivity index (χ0v) is 12.9. The molecule has 3 aliphatic rings. The first-order valence-electron chi connectivity index (χ1n) is 8.85. The maximum Gasteiger partial charge on any atom is 0.128 e. The number of pyridine rings is 1. The minimum atomic E-state index is 0.760. The van der Waals surface area contributed by atoms with Crippen molar-refractivity contribution in [2.75, 3.05) is 11.4 Å². The number of rotatable bonds is 5. The van der Waals surface area contributed by atoms with Crippen LogP contribution in [0.5, 0.6) is 0 Å². The molecule has 0 spiro atoms. The van der Waals surface area contributed by atoms with Gasteiger partial charge in [-0.25, -0.2) is 4.98 Å². The van der Waals surface area contributed by atoms with Crippen LogP contribution in [-0.2, 0) is 6.54 Å². The molecule has 1 unspecified atom stereocenters. The van der Waals surface area contributed by atoms with Crippen molar-refractivity contribution < 1.29 is 0 Å². The van der Waals surface area contributed by atoms with Gasteiger partial charge in [0.05, 0.1) is 0 Å². The van der Waals surface area contributed by atoms with Gasteiger partial charge in [-0.1, -0.05) is 18.9 Å². The Labute approximate surface area is 128 Å². The van der Waals surface area contributed by atoms with Crippen molar-refractivity contribution in [3.8, 4) is 0 Å². The van der Waals surface area contributed by atoms with Gasteiger partial charge in [-0.05, 0) is 56.1 Å². The van der Waals surface area contributed by atoms with Crippen molar-refractivity contribution in [2.45, 2.75) is 70.0 Å². The lowest BCUT2D eigenvalue weighted by molar-refractivity contribution is 0.429. The smallest absolute Gasteiger partial charge is 0.128 e. The molecule has 3 fully saturated rings. The first kappa shape index (κ1) is 13.6. The Morgan fingerprint density at radius 3 is 2.62 bits per heavy atom. The largest absolute Gasteiger partial charge is 0.353 e. The van der Waals surface area contributed by atoms with Crippen LogP contribution in [0.25, 0.3) is 0 Å². The van der Waals surface area contributed by atoms with E-state index in [4.69, 9.17) is 4.98 Å². The molecular weight excluding hydrogens is 258 g/mol. The summed E-state index contributed by atoms with van der Waals surface area (Å²) in [6.45, 7) is 2.18. The molecule has 0 bridgehead atoms. The first-order chi connectivity index (χ1) is 10.4. The molecule has 0 aromatic carbocycles. The van der Waals surface area contributed by atoms with E-state index in [1.54, 1.807) is 0 Å². The van der Waals surface area contributed by atoms with Gasteiger partial charge >= 0.3 is 0 Å². The third-order valence-electron chi connectivity index (χ3n) is 5.52. The maximum absolute atomic E-state index is 4.77. The van der Waals surface area contributed by atoms with E-state index in [0.29, 0.717) is 0 Å². The van der Waals surface area contributed by atoms with Crippen molar-refractivity contribution >= 4 is 5.82 Å². The molecule has 3 heteroatoms. The van der Waals surface area contributed by atoms with Crippen LogP contribution >= 0.6 is 0 Å². The Hall–Kier alpha value is -1.09. The molecule has 21 heavy (non-hydrogen) atoms. The molecule has 1 atom stereocenters. The number of aromatic nitrogens is 1. The second kappa shape index (κ2) is 5.96. The number of hydrogen-bond donors (Lipinski definition) is 1. The van der Waals surface area contributed by atoms with Crippen molar-refractivity contribution in [3.63, 3.8) is 0 Å². The highest BCUT2D eigenvalue weighted by atomic mass is 15.2. The van der Waals surface area contributed by atoms with Gasteiger partial charge < -0.3 is 10.2 Å². The van der Waals surface area contributed by atoms with E-state index in [9.17, 15) is 0 Å². The van der Waals surface area contributed by atoms with Crippen molar-refractivity contribution in [1.82, 2.24) is 10.3 Å². The third-order valence-corrected chi connectivity index (χ3v) is 5.52. The average Bonchev–Trinajstić information content (AvgIpc) is 3.01. The van der Waals surface area contributed by atoms with Crippen LogP contribution in [0, 0.1) is 5.92 Å². The van der Waals surface area contributed by atoms with Crippen molar-refractivity contribution in [3.05, 3.63) is 23.9 Å². The Kier molecular flexibility index (Phi) is 3.85. The monoisotopic (exact) mass is 285 g/mol. The van der Waals surface area contributed by atoms with E-state index in [1.807, 2.05) is 0 Å². The first-order valence-corrected chi connectivity index (χ1v) is 8.85. The predicted octanol–water partition coefficient (Wildman–Crippen LogP) is 3.49. The minimum absolute atomic E-state index is 0.760. The Bertz CT molecular complexity index is 460. The fraction of sp³-hybridized carbons (Fsp3) is 0.722. The van der Waals surface area contributed by atoms with E-state index in [1.165, 1.54) is 69.3 Å². The van der Waals surface area contributed by atoms with Gasteiger partial charge in [0.1, 0.15) is 5.82 Å². The van der Waals surface area contributed by atoms with Gasteiger partial charge in [0, 0.05) is 31.4 Å². The average molecular weight is 285 g/mol. The number of anilines is 1. The summed E-state index contributed by atoms with van der Waals surface area (Å²) < 4.78 is 0. The van der Waals surface area contributed by atoms with E-state index in [2.05, 4.69) is 28.5 Å². The molecular formula is C18H27N3. The van der Waals surface area contributed by atoms with E-state index >= 15 is 0 Å². The van der Waals surface area contributed by atoms with Gasteiger partial charge in [0.25, 0.3) is 0 Å². The SMILES string of the molecule is c1cc(N2CCCC2C2CCCC2)ncc1CNC1CC1. The van der Waals surface area contributed by atoms with Crippen LogP contribution in [0.1, 0.15) is 56.9 Å². The molecule has 1 saturated heterocycles. The molecule has 4 rings (SSSR count). The predicted molar refractivity (Wildman–Crippen MR) is 86.4 cm³/mol. The quantitative estimate of drug-likeness (QED) is 0.897. The van der Waals surface area contributed by atoms with Crippen LogP contribution < -0.4 is 10.2 Å². The number of hydrogen-bond acceptors (Lipinski definition) is 3. The molecule has 3 nitrogen and oxygen atoms in total. The van der Waals surface area contributed by atoms with Crippen molar-refractivity contribution in [2.24, 2.45) is 5.92 Å². The lowest BCUT2D eigenvalue weighted by Crippen LogP contribution is -2.35.